The molecule has 7 heteroatoms. The van der Waals surface area contributed by atoms with Crippen molar-refractivity contribution in [1.82, 2.24) is 0 Å². The zero-order valence-corrected chi connectivity index (χ0v) is 12.9. The zero-order valence-electron chi connectivity index (χ0n) is 10.5. The molecular weight excluding hydrogens is 347 g/mol. The van der Waals surface area contributed by atoms with Crippen molar-refractivity contribution < 1.29 is 12.8 Å². The van der Waals surface area contributed by atoms with E-state index in [0.29, 0.717) is 21.5 Å². The number of nitrogen functional groups attached to an aromatic ring is 1. The molecule has 0 aromatic heterocycles. The number of nitrogens with one attached hydrogen (secondary N) is 1. The molecule has 0 saturated heterocycles. The molecule has 0 aliphatic heterocycles. The highest BCUT2D eigenvalue weighted by Gasteiger charge is 2.10. The van der Waals surface area contributed by atoms with Crippen LogP contribution in [0.2, 0.25) is 0 Å². The van der Waals surface area contributed by atoms with Gasteiger partial charge in [-0.05, 0) is 52.3 Å². The summed E-state index contributed by atoms with van der Waals surface area (Å²) >= 11 is 3.24. The summed E-state index contributed by atoms with van der Waals surface area (Å²) in [5.41, 5.74) is 7.30. The normalized spacial score (nSPS) is 11.3. The monoisotopic (exact) mass is 358 g/mol. The van der Waals surface area contributed by atoms with Crippen LogP contribution in [0.15, 0.2) is 45.8 Å². The molecule has 2 rings (SSSR count). The maximum atomic E-state index is 13.0. The van der Waals surface area contributed by atoms with E-state index in [-0.39, 0.29) is 10.7 Å². The Labute approximate surface area is 124 Å². The van der Waals surface area contributed by atoms with Gasteiger partial charge in [0.05, 0.1) is 22.0 Å². The van der Waals surface area contributed by atoms with Gasteiger partial charge in [0.15, 0.2) is 9.84 Å². The van der Waals surface area contributed by atoms with Crippen molar-refractivity contribution >= 4 is 42.8 Å². The van der Waals surface area contributed by atoms with E-state index in [9.17, 15) is 12.8 Å². The first kappa shape index (κ1) is 14.8. The summed E-state index contributed by atoms with van der Waals surface area (Å²) in [6.45, 7) is 0. The van der Waals surface area contributed by atoms with Crippen LogP contribution in [0.5, 0.6) is 0 Å². The molecule has 2 aromatic carbocycles. The summed E-state index contributed by atoms with van der Waals surface area (Å²) in [5.74, 6) is -0.358. The molecule has 0 spiro atoms. The van der Waals surface area contributed by atoms with Gasteiger partial charge >= 0.3 is 0 Å². The average Bonchev–Trinajstić information content (AvgIpc) is 2.33. The molecule has 2 aromatic rings. The van der Waals surface area contributed by atoms with Gasteiger partial charge in [0.1, 0.15) is 5.82 Å². The van der Waals surface area contributed by atoms with E-state index >= 15 is 0 Å². The minimum absolute atomic E-state index is 0.152. The van der Waals surface area contributed by atoms with Gasteiger partial charge < -0.3 is 11.1 Å². The van der Waals surface area contributed by atoms with Gasteiger partial charge in [0.2, 0.25) is 0 Å². The van der Waals surface area contributed by atoms with Gasteiger partial charge in [-0.1, -0.05) is 0 Å². The summed E-state index contributed by atoms with van der Waals surface area (Å²) in [6.07, 6.45) is 1.12. The van der Waals surface area contributed by atoms with E-state index in [4.69, 9.17) is 5.73 Å². The summed E-state index contributed by atoms with van der Waals surface area (Å²) in [5, 5.41) is 3.01. The van der Waals surface area contributed by atoms with E-state index < -0.39 is 9.84 Å². The van der Waals surface area contributed by atoms with Crippen LogP contribution in [0.25, 0.3) is 0 Å². The van der Waals surface area contributed by atoms with Gasteiger partial charge in [0.25, 0.3) is 0 Å². The standard InChI is InChI=1S/C13H12BrFN2O2S/c1-20(18,19)9-3-5-13(11(16)7-9)17-12-4-2-8(15)6-10(12)14/h2-7,17H,16H2,1H3. The molecule has 3 N–H and O–H groups in total. The first-order valence-electron chi connectivity index (χ1n) is 5.59. The molecule has 0 unspecified atom stereocenters. The lowest BCUT2D eigenvalue weighted by Gasteiger charge is -2.12. The molecule has 0 fully saturated rings. The molecule has 4 nitrogen and oxygen atoms in total. The van der Waals surface area contributed by atoms with Gasteiger partial charge in [0, 0.05) is 10.7 Å². The third kappa shape index (κ3) is 3.29. The SMILES string of the molecule is CS(=O)(=O)c1ccc(Nc2ccc(F)cc2Br)c(N)c1. The fourth-order valence-electron chi connectivity index (χ4n) is 1.62. The topological polar surface area (TPSA) is 72.2 Å². The van der Waals surface area contributed by atoms with E-state index in [0.717, 1.165) is 6.26 Å². The summed E-state index contributed by atoms with van der Waals surface area (Å²) < 4.78 is 36.4. The minimum Gasteiger partial charge on any atom is -0.397 e. The largest absolute Gasteiger partial charge is 0.397 e. The van der Waals surface area contributed by atoms with Crippen molar-refractivity contribution in [3.8, 4) is 0 Å². The maximum absolute atomic E-state index is 13.0. The zero-order chi connectivity index (χ0) is 14.9. The van der Waals surface area contributed by atoms with E-state index in [1.165, 1.54) is 24.3 Å². The Hall–Kier alpha value is -1.60. The second-order valence-electron chi connectivity index (χ2n) is 4.27. The molecule has 20 heavy (non-hydrogen) atoms. The molecular formula is C13H12BrFN2O2S. The number of sulfone groups is 1. The predicted molar refractivity (Wildman–Crippen MR) is 81.3 cm³/mol. The van der Waals surface area contributed by atoms with Crippen molar-refractivity contribution in [3.63, 3.8) is 0 Å². The molecule has 106 valence electrons. The average molecular weight is 359 g/mol. The van der Waals surface area contributed by atoms with Gasteiger partial charge in [-0.3, -0.25) is 0 Å². The first-order valence-corrected chi connectivity index (χ1v) is 8.27. The summed E-state index contributed by atoms with van der Waals surface area (Å²) in [4.78, 5) is 0.152. The Bertz CT molecular complexity index is 763. The van der Waals surface area contributed by atoms with E-state index in [2.05, 4.69) is 21.2 Å². The lowest BCUT2D eigenvalue weighted by molar-refractivity contribution is 0.602. The summed E-state index contributed by atoms with van der Waals surface area (Å²) in [6, 6.07) is 8.61. The Balaban J connectivity index is 2.35. The van der Waals surface area contributed by atoms with Crippen LogP contribution >= 0.6 is 15.9 Å². The number of benzene rings is 2. The van der Waals surface area contributed by atoms with Crippen LogP contribution in [0.3, 0.4) is 0 Å². The second kappa shape index (κ2) is 5.41. The molecule has 0 radical (unpaired) electrons. The smallest absolute Gasteiger partial charge is 0.175 e. The quantitative estimate of drug-likeness (QED) is 0.825. The minimum atomic E-state index is -3.30. The molecule has 0 heterocycles. The van der Waals surface area contributed by atoms with Crippen molar-refractivity contribution in [2.75, 3.05) is 17.3 Å². The van der Waals surface area contributed by atoms with Gasteiger partial charge in [-0.2, -0.15) is 0 Å². The number of halogens is 2. The van der Waals surface area contributed by atoms with Gasteiger partial charge in [-0.25, -0.2) is 12.8 Å². The van der Waals surface area contributed by atoms with Crippen LogP contribution in [0, 0.1) is 5.82 Å². The van der Waals surface area contributed by atoms with Crippen molar-refractivity contribution in [2.24, 2.45) is 0 Å². The Morgan fingerprint density at radius 2 is 1.80 bits per heavy atom. The van der Waals surface area contributed by atoms with Crippen LogP contribution < -0.4 is 11.1 Å². The highest BCUT2D eigenvalue weighted by Crippen LogP contribution is 2.30. The van der Waals surface area contributed by atoms with Crippen LogP contribution in [0.4, 0.5) is 21.5 Å². The summed E-state index contributed by atoms with van der Waals surface area (Å²) in [7, 11) is -3.30. The fourth-order valence-corrected chi connectivity index (χ4v) is 2.73. The third-order valence-corrected chi connectivity index (χ3v) is 4.42. The molecule has 0 amide bonds. The molecule has 0 aliphatic carbocycles. The first-order chi connectivity index (χ1) is 9.27. The van der Waals surface area contributed by atoms with Crippen molar-refractivity contribution in [2.45, 2.75) is 4.90 Å². The van der Waals surface area contributed by atoms with Crippen LogP contribution in [0.1, 0.15) is 0 Å². The van der Waals surface area contributed by atoms with Crippen molar-refractivity contribution in [3.05, 3.63) is 46.7 Å². The Kier molecular flexibility index (Phi) is 4.01. The van der Waals surface area contributed by atoms with E-state index in [1.807, 2.05) is 0 Å². The van der Waals surface area contributed by atoms with Crippen LogP contribution in [-0.2, 0) is 9.84 Å². The predicted octanol–water partition coefficient (Wildman–Crippen LogP) is 3.32. The van der Waals surface area contributed by atoms with E-state index in [1.54, 1.807) is 12.1 Å². The lowest BCUT2D eigenvalue weighted by atomic mass is 10.2. The van der Waals surface area contributed by atoms with Gasteiger partial charge in [-0.15, -0.1) is 0 Å². The highest BCUT2D eigenvalue weighted by molar-refractivity contribution is 9.10. The Morgan fingerprint density at radius 1 is 1.15 bits per heavy atom. The molecule has 0 bridgehead atoms. The van der Waals surface area contributed by atoms with Crippen molar-refractivity contribution in [1.29, 1.82) is 0 Å². The third-order valence-electron chi connectivity index (χ3n) is 2.65. The highest BCUT2D eigenvalue weighted by atomic mass is 79.9. The number of hydrogen-bond donors (Lipinski definition) is 2. The lowest BCUT2D eigenvalue weighted by Crippen LogP contribution is -2.01. The molecule has 0 saturated carbocycles. The Morgan fingerprint density at radius 3 is 2.35 bits per heavy atom. The number of rotatable bonds is 3. The fraction of sp³-hybridized carbons (Fsp3) is 0.0769. The molecule has 0 aliphatic rings. The maximum Gasteiger partial charge on any atom is 0.175 e. The number of anilines is 3. The second-order valence-corrected chi connectivity index (χ2v) is 7.14. The number of hydrogen-bond acceptors (Lipinski definition) is 4. The molecule has 0 atom stereocenters. The number of nitrogens with two attached hydrogens (primary N) is 1. The van der Waals surface area contributed by atoms with Crippen LogP contribution in [-0.4, -0.2) is 14.7 Å².